The molecule has 0 aromatic rings. The molecule has 135 valence electrons. The van der Waals surface area contributed by atoms with Gasteiger partial charge in [-0.15, -0.1) is 12.2 Å². The number of amides is 2. The summed E-state index contributed by atoms with van der Waals surface area (Å²) < 4.78 is 2.25. The maximum absolute atomic E-state index is 10.2. The average Bonchev–Trinajstić information content (AvgIpc) is 2.37. The van der Waals surface area contributed by atoms with E-state index in [4.69, 9.17) is 4.79 Å². The van der Waals surface area contributed by atoms with Gasteiger partial charge in [-0.1, -0.05) is 48.0 Å². The summed E-state index contributed by atoms with van der Waals surface area (Å²) in [6.07, 6.45) is 5.45. The molecule has 0 saturated heterocycles. The molecule has 23 heavy (non-hydrogen) atoms. The summed E-state index contributed by atoms with van der Waals surface area (Å²) in [7, 11) is 0. The van der Waals surface area contributed by atoms with E-state index in [-0.39, 0.29) is 0 Å². The second-order valence-corrected chi connectivity index (χ2v) is 7.05. The molecule has 1 fully saturated rings. The normalized spacial score (nSPS) is 18.2. The predicted molar refractivity (Wildman–Crippen MR) is 84.7 cm³/mol. The summed E-state index contributed by atoms with van der Waals surface area (Å²) >= 11 is 1.56. The topological polar surface area (TPSA) is 104 Å². The van der Waals surface area contributed by atoms with Crippen LogP contribution in [0, 0.1) is 5.41 Å². The minimum atomic E-state index is -0.417. The van der Waals surface area contributed by atoms with Gasteiger partial charge in [0.25, 0.3) is 0 Å². The Labute approximate surface area is 153 Å². The fraction of sp³-hybridized carbons (Fsp3) is 0.875. The van der Waals surface area contributed by atoms with Gasteiger partial charge in [0.1, 0.15) is 0 Å². The molecule has 1 unspecified atom stereocenters. The second-order valence-electron chi connectivity index (χ2n) is 6.60. The van der Waals surface area contributed by atoms with Crippen molar-refractivity contribution in [1.29, 1.82) is 0 Å². The van der Waals surface area contributed by atoms with Crippen molar-refractivity contribution in [3.63, 3.8) is 0 Å². The Kier molecular flexibility index (Phi) is 21.4. The van der Waals surface area contributed by atoms with Crippen molar-refractivity contribution in [1.82, 2.24) is 9.12 Å². The third-order valence-corrected chi connectivity index (χ3v) is 2.75. The molecule has 1 saturated carbocycles. The van der Waals surface area contributed by atoms with E-state index in [9.17, 15) is 15.0 Å². The fourth-order valence-corrected chi connectivity index (χ4v) is 1.94. The monoisotopic (exact) mass is 365 g/mol. The van der Waals surface area contributed by atoms with Crippen molar-refractivity contribution >= 4 is 12.8 Å². The average molecular weight is 365 g/mol. The number of rotatable bonds is 3. The number of carbonyl (C=O) groups excluding carboxylic acids is 2. The maximum atomic E-state index is 10.2. The molecule has 2 N–H and O–H groups in total. The van der Waals surface area contributed by atoms with Gasteiger partial charge in [-0.05, 0) is 24.7 Å². The van der Waals surface area contributed by atoms with Gasteiger partial charge < -0.3 is 15.5 Å². The summed E-state index contributed by atoms with van der Waals surface area (Å²) in [6, 6.07) is 0.427. The molecule has 1 rings (SSSR count). The fourth-order valence-electron chi connectivity index (χ4n) is 1.94. The van der Waals surface area contributed by atoms with Gasteiger partial charge >= 0.3 is 35.7 Å². The first-order valence-corrected chi connectivity index (χ1v) is 8.67. The van der Waals surface area contributed by atoms with Gasteiger partial charge in [-0.25, -0.2) is 0 Å². The third kappa shape index (κ3) is 34.1. The molecule has 1 aliphatic rings. The SMILES string of the molecule is CC(C)[O-].CC(C)[O-].CC1(C)CCCC(NC=O)C1.O=C[NH][Ti+2]. The van der Waals surface area contributed by atoms with Crippen molar-refractivity contribution in [3.8, 4) is 0 Å². The van der Waals surface area contributed by atoms with Gasteiger partial charge in [0, 0.05) is 6.04 Å². The van der Waals surface area contributed by atoms with Gasteiger partial charge in [0.2, 0.25) is 6.41 Å². The Morgan fingerprint density at radius 1 is 1.09 bits per heavy atom. The van der Waals surface area contributed by atoms with E-state index in [1.54, 1.807) is 48.4 Å². The molecular formula is C16H33N2O4Ti. The molecule has 6 nitrogen and oxygen atoms in total. The van der Waals surface area contributed by atoms with Crippen molar-refractivity contribution in [2.75, 3.05) is 0 Å². The summed E-state index contributed by atoms with van der Waals surface area (Å²) in [4.78, 5) is 19.2. The minimum absolute atomic E-state index is 0.417. The molecule has 7 heteroatoms. The van der Waals surface area contributed by atoms with Crippen LogP contribution in [-0.2, 0) is 30.3 Å². The quantitative estimate of drug-likeness (QED) is 0.558. The van der Waals surface area contributed by atoms with Crippen LogP contribution < -0.4 is 19.3 Å². The molecule has 0 aromatic carbocycles. The molecular weight excluding hydrogens is 332 g/mol. The summed E-state index contributed by atoms with van der Waals surface area (Å²) in [6.45, 7) is 11.0. The van der Waals surface area contributed by atoms with Crippen LogP contribution in [0.1, 0.15) is 67.2 Å². The Bertz CT molecular complexity index is 263. The van der Waals surface area contributed by atoms with Crippen molar-refractivity contribution in [2.24, 2.45) is 5.41 Å². The predicted octanol–water partition coefficient (Wildman–Crippen LogP) is 0.406. The zero-order chi connectivity index (χ0) is 18.9. The number of carbonyl (C=O) groups is 2. The van der Waals surface area contributed by atoms with Crippen molar-refractivity contribution in [2.45, 2.75) is 85.5 Å². The van der Waals surface area contributed by atoms with Crippen LogP contribution in [0.3, 0.4) is 0 Å². The molecule has 2 amide bonds. The number of hydrogen-bond acceptors (Lipinski definition) is 4. The first-order valence-electron chi connectivity index (χ1n) is 7.89. The van der Waals surface area contributed by atoms with Crippen LogP contribution in [0.15, 0.2) is 0 Å². The number of hydrogen-bond donors (Lipinski definition) is 2. The molecule has 0 bridgehead atoms. The van der Waals surface area contributed by atoms with E-state index >= 15 is 0 Å². The van der Waals surface area contributed by atoms with Crippen molar-refractivity contribution in [3.05, 3.63) is 0 Å². The molecule has 1 aliphatic carbocycles. The Balaban J connectivity index is -0.000000278. The standard InChI is InChI=1S/C9H17NO.2C3H7O.CH3NO.Ti/c1-9(2)5-3-4-8(6-9)10-7-11;2*1-3(2)4;2-1-3;/h7-8H,3-6H2,1-2H3,(H,10,11);2*3H,1-2H3;1H,(H2,2,3);/q;2*-1;;+3/p-1. The van der Waals surface area contributed by atoms with Gasteiger partial charge in [0.05, 0.1) is 0 Å². The Morgan fingerprint density at radius 3 is 1.74 bits per heavy atom. The van der Waals surface area contributed by atoms with Gasteiger partial charge in [-0.2, -0.15) is 0 Å². The zero-order valence-corrected chi connectivity index (χ0v) is 16.9. The second kappa shape index (κ2) is 17.9. The van der Waals surface area contributed by atoms with Crippen LogP contribution in [0.2, 0.25) is 0 Å². The first-order chi connectivity index (χ1) is 10.5. The molecule has 0 aromatic heterocycles. The van der Waals surface area contributed by atoms with E-state index in [2.05, 4.69) is 23.0 Å². The molecule has 0 radical (unpaired) electrons. The van der Waals surface area contributed by atoms with Crippen LogP contribution in [0.4, 0.5) is 0 Å². The first kappa shape index (κ1) is 27.4. The van der Waals surface area contributed by atoms with Crippen LogP contribution in [0.25, 0.3) is 0 Å². The number of nitrogens with one attached hydrogen (secondary N) is 2. The summed E-state index contributed by atoms with van der Waals surface area (Å²) in [5, 5.41) is 21.9. The zero-order valence-electron chi connectivity index (χ0n) is 15.3. The molecule has 0 spiro atoms. The third-order valence-electron chi connectivity index (χ3n) is 2.57. The van der Waals surface area contributed by atoms with E-state index < -0.39 is 12.2 Å². The molecule has 0 aliphatic heterocycles. The van der Waals surface area contributed by atoms with E-state index in [1.165, 1.54) is 12.8 Å². The molecule has 1 atom stereocenters. The van der Waals surface area contributed by atoms with E-state index in [0.29, 0.717) is 17.9 Å². The van der Waals surface area contributed by atoms with E-state index in [1.807, 2.05) is 0 Å². The van der Waals surface area contributed by atoms with Gasteiger partial charge in [-0.3, -0.25) is 4.79 Å². The summed E-state index contributed by atoms with van der Waals surface area (Å²) in [5.74, 6) is 0. The Morgan fingerprint density at radius 2 is 1.48 bits per heavy atom. The van der Waals surface area contributed by atoms with Crippen LogP contribution >= 0.6 is 0 Å². The van der Waals surface area contributed by atoms with Crippen LogP contribution in [0.5, 0.6) is 0 Å². The molecule has 0 heterocycles. The summed E-state index contributed by atoms with van der Waals surface area (Å²) in [5.41, 5.74) is 0.429. The van der Waals surface area contributed by atoms with Crippen molar-refractivity contribution < 1.29 is 40.5 Å². The van der Waals surface area contributed by atoms with E-state index in [0.717, 1.165) is 19.3 Å². The van der Waals surface area contributed by atoms with Gasteiger partial charge in [0.15, 0.2) is 0 Å². The Hall–Kier alpha value is -0.426. The van der Waals surface area contributed by atoms with Crippen LogP contribution in [-0.4, -0.2) is 31.1 Å².